The van der Waals surface area contributed by atoms with Crippen molar-refractivity contribution in [2.75, 3.05) is 11.9 Å². The van der Waals surface area contributed by atoms with Crippen molar-refractivity contribution < 1.29 is 9.53 Å². The number of hydrogen-bond acceptors (Lipinski definition) is 3. The van der Waals surface area contributed by atoms with Crippen LogP contribution < -0.4 is 9.64 Å². The van der Waals surface area contributed by atoms with E-state index in [-0.39, 0.29) is 5.91 Å². The van der Waals surface area contributed by atoms with E-state index in [2.05, 4.69) is 4.98 Å². The van der Waals surface area contributed by atoms with E-state index in [0.717, 1.165) is 11.3 Å². The Bertz CT molecular complexity index is 804. The molecule has 0 saturated heterocycles. The summed E-state index contributed by atoms with van der Waals surface area (Å²) >= 11 is 0. The van der Waals surface area contributed by atoms with Crippen LogP contribution in [-0.2, 0) is 6.61 Å². The Morgan fingerprint density at radius 1 is 0.958 bits per heavy atom. The summed E-state index contributed by atoms with van der Waals surface area (Å²) in [4.78, 5) is 18.4. The molecule has 0 spiro atoms. The number of amides is 1. The van der Waals surface area contributed by atoms with E-state index in [1.807, 2.05) is 60.7 Å². The number of benzene rings is 2. The van der Waals surface area contributed by atoms with Gasteiger partial charge in [-0.1, -0.05) is 30.3 Å². The maximum absolute atomic E-state index is 12.8. The van der Waals surface area contributed by atoms with Crippen LogP contribution in [0.2, 0.25) is 0 Å². The largest absolute Gasteiger partial charge is 0.488 e. The molecule has 1 aromatic heterocycles. The van der Waals surface area contributed by atoms with Gasteiger partial charge >= 0.3 is 0 Å². The summed E-state index contributed by atoms with van der Waals surface area (Å²) in [6.45, 7) is 0.391. The van der Waals surface area contributed by atoms with Crippen LogP contribution in [0, 0.1) is 0 Å². The van der Waals surface area contributed by atoms with E-state index in [0.29, 0.717) is 17.9 Å². The zero-order chi connectivity index (χ0) is 16.8. The number of carbonyl (C=O) groups excluding carboxylic acids is 1. The Hall–Kier alpha value is -3.14. The van der Waals surface area contributed by atoms with Crippen LogP contribution in [0.4, 0.5) is 5.69 Å². The summed E-state index contributed by atoms with van der Waals surface area (Å²) in [6.07, 6.45) is 3.44. The molecule has 0 unspecified atom stereocenters. The zero-order valence-electron chi connectivity index (χ0n) is 13.4. The van der Waals surface area contributed by atoms with Gasteiger partial charge in [-0.15, -0.1) is 0 Å². The van der Waals surface area contributed by atoms with Gasteiger partial charge in [0.2, 0.25) is 0 Å². The smallest absolute Gasteiger partial charge is 0.261 e. The van der Waals surface area contributed by atoms with Crippen LogP contribution in [0.25, 0.3) is 0 Å². The second-order valence-corrected chi connectivity index (χ2v) is 5.34. The van der Waals surface area contributed by atoms with Crippen LogP contribution in [0.15, 0.2) is 79.1 Å². The van der Waals surface area contributed by atoms with Crippen molar-refractivity contribution in [3.8, 4) is 5.75 Å². The molecule has 120 valence electrons. The molecular formula is C20H18N2O2. The van der Waals surface area contributed by atoms with Crippen molar-refractivity contribution in [3.05, 3.63) is 90.3 Å². The highest BCUT2D eigenvalue weighted by Crippen LogP contribution is 2.23. The van der Waals surface area contributed by atoms with Gasteiger partial charge < -0.3 is 9.64 Å². The number of hydrogen-bond donors (Lipinski definition) is 0. The third kappa shape index (κ3) is 3.60. The third-order valence-electron chi connectivity index (χ3n) is 3.71. The molecule has 0 fully saturated rings. The quantitative estimate of drug-likeness (QED) is 0.715. The van der Waals surface area contributed by atoms with Crippen molar-refractivity contribution in [1.82, 2.24) is 4.98 Å². The Labute approximate surface area is 141 Å². The van der Waals surface area contributed by atoms with Gasteiger partial charge in [0.1, 0.15) is 12.4 Å². The summed E-state index contributed by atoms with van der Waals surface area (Å²) in [5.41, 5.74) is 2.38. The Morgan fingerprint density at radius 2 is 1.62 bits per heavy atom. The predicted octanol–water partition coefficient (Wildman–Crippen LogP) is 3.94. The molecule has 1 amide bonds. The molecule has 0 aliphatic carbocycles. The van der Waals surface area contributed by atoms with E-state index < -0.39 is 0 Å². The molecule has 0 bridgehead atoms. The summed E-state index contributed by atoms with van der Waals surface area (Å²) in [6, 6.07) is 20.6. The fourth-order valence-electron chi connectivity index (χ4n) is 2.36. The minimum absolute atomic E-state index is 0.105. The highest BCUT2D eigenvalue weighted by molar-refractivity contribution is 6.07. The van der Waals surface area contributed by atoms with E-state index in [4.69, 9.17) is 4.74 Å². The minimum Gasteiger partial charge on any atom is -0.488 e. The highest BCUT2D eigenvalue weighted by Gasteiger charge is 2.17. The maximum Gasteiger partial charge on any atom is 0.261 e. The second kappa shape index (κ2) is 7.42. The molecule has 0 atom stereocenters. The van der Waals surface area contributed by atoms with Crippen molar-refractivity contribution in [2.24, 2.45) is 0 Å². The number of aromatic nitrogens is 1. The summed E-state index contributed by atoms with van der Waals surface area (Å²) in [5.74, 6) is 0.466. The van der Waals surface area contributed by atoms with E-state index >= 15 is 0 Å². The SMILES string of the molecule is CN(C(=O)c1ccccc1OCc1ccncc1)c1ccccc1. The Kier molecular flexibility index (Phi) is 4.87. The number of nitrogens with zero attached hydrogens (tertiary/aromatic N) is 2. The fraction of sp³-hybridized carbons (Fsp3) is 0.100. The van der Waals surface area contributed by atoms with E-state index in [1.54, 1.807) is 30.4 Å². The van der Waals surface area contributed by atoms with Gasteiger partial charge in [0, 0.05) is 25.1 Å². The molecule has 3 aromatic rings. The molecule has 2 aromatic carbocycles. The number of pyridine rings is 1. The lowest BCUT2D eigenvalue weighted by Crippen LogP contribution is -2.26. The first-order valence-corrected chi connectivity index (χ1v) is 7.69. The molecule has 0 radical (unpaired) electrons. The van der Waals surface area contributed by atoms with Crippen LogP contribution in [0.5, 0.6) is 5.75 Å². The van der Waals surface area contributed by atoms with E-state index in [1.165, 1.54) is 0 Å². The molecule has 3 rings (SSSR count). The molecule has 0 N–H and O–H groups in total. The van der Waals surface area contributed by atoms with Gasteiger partial charge in [-0.25, -0.2) is 0 Å². The zero-order valence-corrected chi connectivity index (χ0v) is 13.4. The lowest BCUT2D eigenvalue weighted by Gasteiger charge is -2.19. The third-order valence-corrected chi connectivity index (χ3v) is 3.71. The van der Waals surface area contributed by atoms with Crippen LogP contribution in [-0.4, -0.2) is 17.9 Å². The Balaban J connectivity index is 1.79. The maximum atomic E-state index is 12.8. The number of rotatable bonds is 5. The topological polar surface area (TPSA) is 42.4 Å². The van der Waals surface area contributed by atoms with Crippen molar-refractivity contribution in [3.63, 3.8) is 0 Å². The molecule has 24 heavy (non-hydrogen) atoms. The van der Waals surface area contributed by atoms with Gasteiger partial charge in [0.05, 0.1) is 5.56 Å². The van der Waals surface area contributed by atoms with Crippen molar-refractivity contribution >= 4 is 11.6 Å². The monoisotopic (exact) mass is 318 g/mol. The molecule has 0 aliphatic rings. The van der Waals surface area contributed by atoms with Crippen LogP contribution in [0.3, 0.4) is 0 Å². The van der Waals surface area contributed by atoms with Crippen molar-refractivity contribution in [1.29, 1.82) is 0 Å². The van der Waals surface area contributed by atoms with Crippen LogP contribution >= 0.6 is 0 Å². The van der Waals surface area contributed by atoms with Gasteiger partial charge in [-0.3, -0.25) is 9.78 Å². The first kappa shape index (κ1) is 15.7. The second-order valence-electron chi connectivity index (χ2n) is 5.34. The van der Waals surface area contributed by atoms with Crippen molar-refractivity contribution in [2.45, 2.75) is 6.61 Å². The van der Waals surface area contributed by atoms with Crippen LogP contribution in [0.1, 0.15) is 15.9 Å². The summed E-state index contributed by atoms with van der Waals surface area (Å²) in [5, 5.41) is 0. The number of para-hydroxylation sites is 2. The number of anilines is 1. The van der Waals surface area contributed by atoms with E-state index in [9.17, 15) is 4.79 Å². The molecular weight excluding hydrogens is 300 g/mol. The summed E-state index contributed by atoms with van der Waals surface area (Å²) < 4.78 is 5.86. The molecule has 1 heterocycles. The number of carbonyl (C=O) groups is 1. The Morgan fingerprint density at radius 3 is 2.38 bits per heavy atom. The standard InChI is InChI=1S/C20H18N2O2/c1-22(17-7-3-2-4-8-17)20(23)18-9-5-6-10-19(18)24-15-16-11-13-21-14-12-16/h2-14H,15H2,1H3. The van der Waals surface area contributed by atoms with Gasteiger partial charge in [0.25, 0.3) is 5.91 Å². The number of ether oxygens (including phenoxy) is 1. The normalized spacial score (nSPS) is 10.2. The first-order chi connectivity index (χ1) is 11.8. The molecule has 4 nitrogen and oxygen atoms in total. The summed E-state index contributed by atoms with van der Waals surface area (Å²) in [7, 11) is 1.76. The minimum atomic E-state index is -0.105. The van der Waals surface area contributed by atoms with Gasteiger partial charge in [-0.05, 0) is 42.0 Å². The lowest BCUT2D eigenvalue weighted by molar-refractivity contribution is 0.0988. The average molecular weight is 318 g/mol. The highest BCUT2D eigenvalue weighted by atomic mass is 16.5. The first-order valence-electron chi connectivity index (χ1n) is 7.69. The van der Waals surface area contributed by atoms with Gasteiger partial charge in [0.15, 0.2) is 0 Å². The lowest BCUT2D eigenvalue weighted by atomic mass is 10.1. The molecule has 0 aliphatic heterocycles. The average Bonchev–Trinajstić information content (AvgIpc) is 2.67. The molecule has 0 saturated carbocycles. The van der Waals surface area contributed by atoms with Gasteiger partial charge in [-0.2, -0.15) is 0 Å². The predicted molar refractivity (Wildman–Crippen MR) is 94.2 cm³/mol. The molecule has 4 heteroatoms. The fourth-order valence-corrected chi connectivity index (χ4v) is 2.36.